The van der Waals surface area contributed by atoms with Gasteiger partial charge in [-0.2, -0.15) is 5.10 Å². The van der Waals surface area contributed by atoms with E-state index in [9.17, 15) is 0 Å². The minimum atomic E-state index is -0.250. The molecule has 240 valence electrons. The standard InChI is InChI=1S/C29H44ClN7.C3H8.CH2O2/c1-8-28(7)15-33-9-10-36(28)26-23(24-21(14-31)22(32)11-18(2)25(24)30)19(3)37(34-26)20-12-29(13-20)16-35(17-29)27(4,5)6;1-3-2;2-1-3/h11,14,20,31,33H,8-10,12-13,15-17,32H2,1-7H3;3H2,1-2H3;1H,(H,2,3)/t28-;;/m0../s1. The maximum absolute atomic E-state index is 8.36. The lowest BCUT2D eigenvalue weighted by Crippen LogP contribution is -2.67. The van der Waals surface area contributed by atoms with Crippen molar-refractivity contribution in [1.29, 1.82) is 5.41 Å². The van der Waals surface area contributed by atoms with Crippen LogP contribution in [0.15, 0.2) is 6.07 Å². The number of likely N-dealkylation sites (tertiary alicyclic amines) is 1. The average molecular weight is 616 g/mol. The van der Waals surface area contributed by atoms with Gasteiger partial charge in [0.2, 0.25) is 0 Å². The Morgan fingerprint density at radius 3 is 2.30 bits per heavy atom. The molecule has 3 heterocycles. The summed E-state index contributed by atoms with van der Waals surface area (Å²) in [5.74, 6) is 0.976. The number of hydrogen-bond acceptors (Lipinski definition) is 7. The van der Waals surface area contributed by atoms with Crippen molar-refractivity contribution in [3.8, 4) is 11.1 Å². The van der Waals surface area contributed by atoms with Crippen molar-refractivity contribution in [3.05, 3.63) is 27.9 Å². The van der Waals surface area contributed by atoms with Gasteiger partial charge in [0.05, 0.1) is 16.6 Å². The van der Waals surface area contributed by atoms with E-state index in [0.29, 0.717) is 27.7 Å². The molecule has 1 atom stereocenters. The zero-order chi connectivity index (χ0) is 32.3. The van der Waals surface area contributed by atoms with E-state index in [-0.39, 0.29) is 17.6 Å². The van der Waals surface area contributed by atoms with Crippen LogP contribution in [-0.2, 0) is 4.79 Å². The number of hydrogen-bond donors (Lipinski definition) is 4. The van der Waals surface area contributed by atoms with Crippen LogP contribution >= 0.6 is 11.6 Å². The summed E-state index contributed by atoms with van der Waals surface area (Å²) in [6.07, 6.45) is 5.92. The number of nitrogens with two attached hydrogens (primary N) is 1. The van der Waals surface area contributed by atoms with Crippen molar-refractivity contribution >= 4 is 35.8 Å². The topological polar surface area (TPSA) is 124 Å². The van der Waals surface area contributed by atoms with Gasteiger partial charge in [-0.3, -0.25) is 14.4 Å². The Labute approximate surface area is 263 Å². The highest BCUT2D eigenvalue weighted by Gasteiger charge is 2.55. The number of nitrogen functional groups attached to an aromatic ring is 1. The molecule has 1 aromatic carbocycles. The van der Waals surface area contributed by atoms with Crippen LogP contribution in [0.1, 0.15) is 97.0 Å². The highest BCUT2D eigenvalue weighted by atomic mass is 35.5. The monoisotopic (exact) mass is 615 g/mol. The first-order valence-corrected chi connectivity index (χ1v) is 16.0. The van der Waals surface area contributed by atoms with Gasteiger partial charge in [0.25, 0.3) is 6.47 Å². The molecule has 1 saturated carbocycles. The molecular formula is C33H54ClN7O2. The number of nitrogens with one attached hydrogen (secondary N) is 2. The smallest absolute Gasteiger partial charge is 0.290 e. The lowest BCUT2D eigenvalue weighted by atomic mass is 9.59. The van der Waals surface area contributed by atoms with Gasteiger partial charge in [0.1, 0.15) is 0 Å². The van der Waals surface area contributed by atoms with E-state index in [1.807, 2.05) is 13.0 Å². The van der Waals surface area contributed by atoms with Crippen molar-refractivity contribution in [2.24, 2.45) is 5.41 Å². The van der Waals surface area contributed by atoms with E-state index in [1.54, 1.807) is 0 Å². The number of halogens is 1. The van der Waals surface area contributed by atoms with Crippen molar-refractivity contribution in [1.82, 2.24) is 20.0 Å². The Hall–Kier alpha value is -2.62. The predicted molar refractivity (Wildman–Crippen MR) is 180 cm³/mol. The van der Waals surface area contributed by atoms with Crippen LogP contribution in [0.3, 0.4) is 0 Å². The van der Waals surface area contributed by atoms with Gasteiger partial charge in [-0.1, -0.05) is 38.8 Å². The molecule has 0 radical (unpaired) electrons. The van der Waals surface area contributed by atoms with Crippen molar-refractivity contribution < 1.29 is 9.90 Å². The van der Waals surface area contributed by atoms with E-state index in [0.717, 1.165) is 67.1 Å². The van der Waals surface area contributed by atoms with Crippen molar-refractivity contribution in [3.63, 3.8) is 0 Å². The highest BCUT2D eigenvalue weighted by molar-refractivity contribution is 6.35. The van der Waals surface area contributed by atoms with Gasteiger partial charge in [0, 0.05) is 72.5 Å². The Morgan fingerprint density at radius 2 is 1.79 bits per heavy atom. The average Bonchev–Trinajstić information content (AvgIpc) is 3.20. The first-order chi connectivity index (χ1) is 20.2. The van der Waals surface area contributed by atoms with Crippen molar-refractivity contribution in [2.75, 3.05) is 43.4 Å². The van der Waals surface area contributed by atoms with E-state index >= 15 is 0 Å². The van der Waals surface area contributed by atoms with Gasteiger partial charge in [-0.05, 0) is 77.8 Å². The van der Waals surface area contributed by atoms with Gasteiger partial charge in [-0.15, -0.1) is 0 Å². The van der Waals surface area contributed by atoms with Crippen LogP contribution in [0.5, 0.6) is 0 Å². The fourth-order valence-corrected chi connectivity index (χ4v) is 7.03. The number of aryl methyl sites for hydroxylation is 1. The van der Waals surface area contributed by atoms with E-state index < -0.39 is 0 Å². The molecule has 1 spiro atoms. The van der Waals surface area contributed by atoms with Gasteiger partial charge in [-0.25, -0.2) is 0 Å². The molecule has 9 nitrogen and oxygen atoms in total. The highest BCUT2D eigenvalue weighted by Crippen LogP contribution is 2.56. The molecule has 2 aliphatic heterocycles. The fourth-order valence-electron chi connectivity index (χ4n) is 6.77. The van der Waals surface area contributed by atoms with E-state index in [4.69, 9.17) is 37.7 Å². The maximum atomic E-state index is 8.36. The molecule has 43 heavy (non-hydrogen) atoms. The summed E-state index contributed by atoms with van der Waals surface area (Å²) in [4.78, 5) is 13.4. The Morgan fingerprint density at radius 1 is 1.21 bits per heavy atom. The van der Waals surface area contributed by atoms with Gasteiger partial charge < -0.3 is 26.5 Å². The van der Waals surface area contributed by atoms with Gasteiger partial charge >= 0.3 is 0 Å². The number of anilines is 2. The molecule has 0 unspecified atom stereocenters. The van der Waals surface area contributed by atoms with Crippen LogP contribution in [0.4, 0.5) is 11.5 Å². The second-order valence-electron chi connectivity index (χ2n) is 13.8. The van der Waals surface area contributed by atoms with Crippen LogP contribution in [0.2, 0.25) is 5.02 Å². The number of piperazine rings is 1. The molecule has 3 aliphatic rings. The number of rotatable bonds is 5. The molecule has 10 heteroatoms. The molecule has 1 aliphatic carbocycles. The fraction of sp³-hybridized carbons (Fsp3) is 0.667. The number of benzene rings is 1. The third-order valence-electron chi connectivity index (χ3n) is 9.42. The number of carbonyl (C=O) groups is 1. The quantitative estimate of drug-likeness (QED) is 0.171. The second-order valence-corrected chi connectivity index (χ2v) is 14.2. The van der Waals surface area contributed by atoms with Crippen LogP contribution in [-0.4, -0.2) is 76.3 Å². The number of nitrogens with zero attached hydrogens (tertiary/aromatic N) is 4. The first kappa shape index (κ1) is 34.9. The lowest BCUT2D eigenvalue weighted by Gasteiger charge is -2.62. The summed E-state index contributed by atoms with van der Waals surface area (Å²) >= 11 is 7.01. The summed E-state index contributed by atoms with van der Waals surface area (Å²) in [7, 11) is 0. The van der Waals surface area contributed by atoms with Crippen LogP contribution in [0.25, 0.3) is 11.1 Å². The molecule has 5 rings (SSSR count). The molecule has 3 fully saturated rings. The minimum absolute atomic E-state index is 0.0622. The molecule has 1 aromatic heterocycles. The molecule has 2 saturated heterocycles. The van der Waals surface area contributed by atoms with Crippen LogP contribution in [0, 0.1) is 24.7 Å². The predicted octanol–water partition coefficient (Wildman–Crippen LogP) is 6.53. The van der Waals surface area contributed by atoms with Crippen LogP contribution < -0.4 is 16.0 Å². The van der Waals surface area contributed by atoms with Gasteiger partial charge in [0.15, 0.2) is 5.82 Å². The minimum Gasteiger partial charge on any atom is -0.483 e. The summed E-state index contributed by atoms with van der Waals surface area (Å²) in [5, 5.41) is 24.7. The second kappa shape index (κ2) is 13.6. The SMILES string of the molecule is CCC.CC[C@@]1(C)CNCCN1c1nn(C2CC3(C2)CN(C(C)(C)C)C3)c(C)c1-c1c(Cl)c(C)cc(N)c1C=N.O=CO. The third kappa shape index (κ3) is 6.74. The molecule has 5 N–H and O–H groups in total. The van der Waals surface area contributed by atoms with E-state index in [2.05, 4.69) is 75.2 Å². The summed E-state index contributed by atoms with van der Waals surface area (Å²) in [6.45, 7) is 24.7. The molecule has 0 amide bonds. The maximum Gasteiger partial charge on any atom is 0.290 e. The third-order valence-corrected chi connectivity index (χ3v) is 9.90. The summed E-state index contributed by atoms with van der Waals surface area (Å²) < 4.78 is 2.27. The summed E-state index contributed by atoms with van der Waals surface area (Å²) in [6, 6.07) is 2.26. The van der Waals surface area contributed by atoms with E-state index in [1.165, 1.54) is 25.7 Å². The zero-order valence-electron chi connectivity index (χ0n) is 27.8. The molecular weight excluding hydrogens is 562 g/mol. The Kier molecular flexibility index (Phi) is 11.0. The lowest BCUT2D eigenvalue weighted by molar-refractivity contribution is -0.127. The molecule has 0 bridgehead atoms. The first-order valence-electron chi connectivity index (χ1n) is 15.7. The van der Waals surface area contributed by atoms with Crippen molar-refractivity contribution in [2.45, 2.75) is 105 Å². The number of carboxylic acid groups (broad SMARTS) is 1. The Bertz CT molecular complexity index is 1290. The largest absolute Gasteiger partial charge is 0.483 e. The normalized spacial score (nSPS) is 21.6. The molecule has 2 aromatic rings. The Balaban J connectivity index is 0.000000780. The zero-order valence-corrected chi connectivity index (χ0v) is 28.5. The summed E-state index contributed by atoms with van der Waals surface area (Å²) in [5.41, 5.74) is 12.2. The number of aromatic nitrogens is 2.